The van der Waals surface area contributed by atoms with Gasteiger partial charge < -0.3 is 14.6 Å². The molecule has 1 aliphatic heterocycles. The second-order valence-corrected chi connectivity index (χ2v) is 10.3. The monoisotopic (exact) mass is 527 g/mol. The maximum absolute atomic E-state index is 13.2. The first-order chi connectivity index (χ1) is 17.7. The van der Waals surface area contributed by atoms with Crippen molar-refractivity contribution in [3.63, 3.8) is 0 Å². The Hall–Kier alpha value is -3.62. The van der Waals surface area contributed by atoms with Gasteiger partial charge in [-0.05, 0) is 48.6 Å². The molecule has 1 fully saturated rings. The van der Waals surface area contributed by atoms with E-state index in [0.717, 1.165) is 6.42 Å². The fraction of sp³-hybridized carbons (Fsp3) is 0.385. The smallest absolute Gasteiger partial charge is 0.272 e. The highest BCUT2D eigenvalue weighted by molar-refractivity contribution is 7.14. The number of alkyl halides is 2. The van der Waals surface area contributed by atoms with E-state index in [1.807, 2.05) is 19.9 Å². The number of nitrogens with zero attached hydrogens (tertiary/aromatic N) is 4. The highest BCUT2D eigenvalue weighted by Gasteiger charge is 2.32. The van der Waals surface area contributed by atoms with Crippen molar-refractivity contribution in [2.45, 2.75) is 52.3 Å². The standard InChI is InChI=1S/C26H27F2N5O3S/c1-15(2)10-17(12-29)25(36)32-9-3-4-18(32)13-33-20-6-5-16(14-34)11-19(20)30-26(33)31-24(35)22-8-7-21(37-22)23(27)28/h5-8,10-11,15,18,23,34H,3-4,9,13-14H2,1-2H3,(H,30,31,35). The Morgan fingerprint density at radius 3 is 2.76 bits per heavy atom. The number of aliphatic hydroxyl groups is 1. The number of thiophene rings is 1. The molecule has 11 heteroatoms. The lowest BCUT2D eigenvalue weighted by molar-refractivity contribution is -0.127. The van der Waals surface area contributed by atoms with Gasteiger partial charge in [-0.3, -0.25) is 14.9 Å². The average molecular weight is 528 g/mol. The molecule has 1 saturated heterocycles. The van der Waals surface area contributed by atoms with Gasteiger partial charge in [0.05, 0.1) is 33.4 Å². The minimum absolute atomic E-state index is 0.0441. The van der Waals surface area contributed by atoms with Crippen molar-refractivity contribution >= 4 is 40.1 Å². The largest absolute Gasteiger partial charge is 0.392 e. The summed E-state index contributed by atoms with van der Waals surface area (Å²) < 4.78 is 27.8. The van der Waals surface area contributed by atoms with Crippen molar-refractivity contribution in [1.82, 2.24) is 14.5 Å². The predicted octanol–water partition coefficient (Wildman–Crippen LogP) is 4.88. The molecule has 3 aromatic rings. The van der Waals surface area contributed by atoms with E-state index in [2.05, 4.69) is 10.3 Å². The van der Waals surface area contributed by atoms with Gasteiger partial charge in [0.1, 0.15) is 11.6 Å². The van der Waals surface area contributed by atoms with Crippen molar-refractivity contribution in [2.24, 2.45) is 5.92 Å². The van der Waals surface area contributed by atoms with Crippen LogP contribution in [0.2, 0.25) is 0 Å². The van der Waals surface area contributed by atoms with Gasteiger partial charge in [-0.1, -0.05) is 26.0 Å². The zero-order chi connectivity index (χ0) is 26.7. The van der Waals surface area contributed by atoms with Gasteiger partial charge in [0.25, 0.3) is 18.2 Å². The van der Waals surface area contributed by atoms with Crippen LogP contribution in [0, 0.1) is 17.2 Å². The third-order valence-corrected chi connectivity index (χ3v) is 7.26. The Balaban J connectivity index is 1.67. The number of halogens is 2. The summed E-state index contributed by atoms with van der Waals surface area (Å²) in [6.45, 7) is 4.44. The second-order valence-electron chi connectivity index (χ2n) is 9.21. The van der Waals surface area contributed by atoms with Gasteiger partial charge >= 0.3 is 0 Å². The first-order valence-electron chi connectivity index (χ1n) is 11.9. The zero-order valence-electron chi connectivity index (χ0n) is 20.4. The lowest BCUT2D eigenvalue weighted by atomic mass is 10.1. The molecule has 1 aliphatic rings. The van der Waals surface area contributed by atoms with Crippen LogP contribution < -0.4 is 5.32 Å². The molecule has 2 amide bonds. The number of likely N-dealkylation sites (tertiary alicyclic amines) is 1. The summed E-state index contributed by atoms with van der Waals surface area (Å²) in [5, 5.41) is 21.8. The lowest BCUT2D eigenvalue weighted by Crippen LogP contribution is -2.39. The number of allylic oxidation sites excluding steroid dienone is 1. The summed E-state index contributed by atoms with van der Waals surface area (Å²) in [5.74, 6) is -0.640. The van der Waals surface area contributed by atoms with Crippen LogP contribution in [0.5, 0.6) is 0 Å². The van der Waals surface area contributed by atoms with E-state index in [4.69, 9.17) is 0 Å². The summed E-state index contributed by atoms with van der Waals surface area (Å²) in [6, 6.07) is 9.58. The molecule has 0 radical (unpaired) electrons. The van der Waals surface area contributed by atoms with Crippen LogP contribution in [-0.2, 0) is 17.9 Å². The van der Waals surface area contributed by atoms with Crippen LogP contribution in [0.25, 0.3) is 11.0 Å². The maximum atomic E-state index is 13.2. The molecule has 37 heavy (non-hydrogen) atoms. The molecule has 8 nitrogen and oxygen atoms in total. The van der Waals surface area contributed by atoms with Crippen LogP contribution in [0.15, 0.2) is 42.0 Å². The summed E-state index contributed by atoms with van der Waals surface area (Å²) in [7, 11) is 0. The van der Waals surface area contributed by atoms with Gasteiger partial charge in [-0.2, -0.15) is 5.26 Å². The topological polar surface area (TPSA) is 111 Å². The second kappa shape index (κ2) is 11.2. The van der Waals surface area contributed by atoms with E-state index >= 15 is 0 Å². The van der Waals surface area contributed by atoms with E-state index in [0.29, 0.717) is 47.4 Å². The van der Waals surface area contributed by atoms with Crippen LogP contribution in [0.1, 0.15) is 53.2 Å². The molecule has 0 bridgehead atoms. The number of carbonyl (C=O) groups is 2. The number of hydrogen-bond donors (Lipinski definition) is 2. The fourth-order valence-corrected chi connectivity index (χ4v) is 5.22. The van der Waals surface area contributed by atoms with Crippen molar-refractivity contribution in [2.75, 3.05) is 11.9 Å². The Morgan fingerprint density at radius 2 is 2.11 bits per heavy atom. The Morgan fingerprint density at radius 1 is 1.32 bits per heavy atom. The molecular formula is C26H27F2N5O3S. The number of anilines is 1. The van der Waals surface area contributed by atoms with Crippen molar-refractivity contribution in [1.29, 1.82) is 5.26 Å². The number of hydrogen-bond acceptors (Lipinski definition) is 6. The molecule has 2 aromatic heterocycles. The fourth-order valence-electron chi connectivity index (χ4n) is 4.46. The minimum atomic E-state index is -2.66. The molecule has 4 rings (SSSR count). The normalized spacial score (nSPS) is 16.1. The molecule has 0 aliphatic carbocycles. The third kappa shape index (κ3) is 5.70. The lowest BCUT2D eigenvalue weighted by Gasteiger charge is -2.26. The highest BCUT2D eigenvalue weighted by atomic mass is 32.1. The molecule has 0 spiro atoms. The van der Waals surface area contributed by atoms with Gasteiger partial charge in [0.15, 0.2) is 0 Å². The Labute approximate surface area is 216 Å². The maximum Gasteiger partial charge on any atom is 0.272 e. The first kappa shape index (κ1) is 26.4. The predicted molar refractivity (Wildman–Crippen MR) is 136 cm³/mol. The first-order valence-corrected chi connectivity index (χ1v) is 12.8. The van der Waals surface area contributed by atoms with E-state index < -0.39 is 12.3 Å². The molecular weight excluding hydrogens is 500 g/mol. The van der Waals surface area contributed by atoms with Crippen LogP contribution in [0.3, 0.4) is 0 Å². The van der Waals surface area contributed by atoms with E-state index in [1.165, 1.54) is 12.1 Å². The number of imidazole rings is 1. The summed E-state index contributed by atoms with van der Waals surface area (Å²) in [5.41, 5.74) is 1.97. The quantitative estimate of drug-likeness (QED) is 0.321. The number of aliphatic hydroxyl groups excluding tert-OH is 1. The van der Waals surface area contributed by atoms with Crippen molar-refractivity contribution in [3.05, 3.63) is 57.3 Å². The van der Waals surface area contributed by atoms with Gasteiger partial charge in [-0.25, -0.2) is 13.8 Å². The van der Waals surface area contributed by atoms with E-state index in [-0.39, 0.29) is 45.7 Å². The molecule has 1 aromatic carbocycles. The Kier molecular flexibility index (Phi) is 8.00. The van der Waals surface area contributed by atoms with Crippen molar-refractivity contribution < 1.29 is 23.5 Å². The van der Waals surface area contributed by atoms with E-state index in [9.17, 15) is 28.7 Å². The summed E-state index contributed by atoms with van der Waals surface area (Å²) in [4.78, 5) is 32.2. The Bertz CT molecular complexity index is 1390. The number of aromatic nitrogens is 2. The molecule has 194 valence electrons. The number of amides is 2. The molecule has 1 atom stereocenters. The molecule has 1 unspecified atom stereocenters. The molecule has 0 saturated carbocycles. The number of fused-ring (bicyclic) bond motifs is 1. The summed E-state index contributed by atoms with van der Waals surface area (Å²) >= 11 is 0.713. The number of benzene rings is 1. The van der Waals surface area contributed by atoms with Crippen LogP contribution >= 0.6 is 11.3 Å². The number of nitrogens with one attached hydrogen (secondary N) is 1. The molecule has 3 heterocycles. The van der Waals surface area contributed by atoms with Crippen LogP contribution in [0.4, 0.5) is 14.7 Å². The SMILES string of the molecule is CC(C)C=C(C#N)C(=O)N1CCCC1Cn1c(NC(=O)c2ccc(C(F)F)s2)nc2cc(CO)ccc21. The zero-order valence-corrected chi connectivity index (χ0v) is 21.3. The van der Waals surface area contributed by atoms with Crippen molar-refractivity contribution in [3.8, 4) is 6.07 Å². The van der Waals surface area contributed by atoms with E-state index in [1.54, 1.807) is 33.7 Å². The van der Waals surface area contributed by atoms with Gasteiger partial charge in [0, 0.05) is 13.1 Å². The molecule has 2 N–H and O–H groups in total. The summed E-state index contributed by atoms with van der Waals surface area (Å²) in [6.07, 6.45) is 0.463. The minimum Gasteiger partial charge on any atom is -0.392 e. The van der Waals surface area contributed by atoms with Crippen LogP contribution in [-0.4, -0.2) is 44.0 Å². The number of rotatable bonds is 8. The average Bonchev–Trinajstić information content (AvgIpc) is 3.61. The van der Waals surface area contributed by atoms with Gasteiger partial charge in [-0.15, -0.1) is 11.3 Å². The highest BCUT2D eigenvalue weighted by Crippen LogP contribution is 2.30. The van der Waals surface area contributed by atoms with Gasteiger partial charge in [0.2, 0.25) is 5.95 Å². The third-order valence-electron chi connectivity index (χ3n) is 6.17. The number of nitriles is 1. The number of carbonyl (C=O) groups excluding carboxylic acids is 2.